The van der Waals surface area contributed by atoms with Crippen molar-refractivity contribution in [3.63, 3.8) is 0 Å². The van der Waals surface area contributed by atoms with E-state index in [1.807, 2.05) is 32.3 Å². The number of benzene rings is 1. The van der Waals surface area contributed by atoms with Gasteiger partial charge in [-0.2, -0.15) is 0 Å². The molecule has 1 N–H and O–H groups in total. The van der Waals surface area contributed by atoms with Crippen LogP contribution in [-0.4, -0.2) is 31.0 Å². The van der Waals surface area contributed by atoms with Crippen molar-refractivity contribution in [3.05, 3.63) is 27.1 Å². The smallest absolute Gasteiger partial charge is 0.102 e. The fourth-order valence-corrected chi connectivity index (χ4v) is 2.06. The highest BCUT2D eigenvalue weighted by Crippen LogP contribution is 2.26. The summed E-state index contributed by atoms with van der Waals surface area (Å²) in [7, 11) is 4.08. The van der Waals surface area contributed by atoms with E-state index in [-0.39, 0.29) is 5.50 Å². The maximum atomic E-state index is 6.19. The van der Waals surface area contributed by atoms with Gasteiger partial charge in [0.15, 0.2) is 0 Å². The quantitative estimate of drug-likeness (QED) is 0.619. The van der Waals surface area contributed by atoms with Crippen LogP contribution in [0.4, 0.5) is 5.69 Å². The number of halogens is 3. The van der Waals surface area contributed by atoms with E-state index in [4.69, 9.17) is 11.6 Å². The Bertz CT molecular complexity index is 345. The SMILES string of the molecule is CN(C)CCC(Cl)Nc1ccc(Br)c(Br)c1. The van der Waals surface area contributed by atoms with Gasteiger partial charge in [0.2, 0.25) is 0 Å². The molecule has 0 bridgehead atoms. The zero-order valence-electron chi connectivity index (χ0n) is 9.30. The van der Waals surface area contributed by atoms with Gasteiger partial charge in [0, 0.05) is 21.2 Å². The van der Waals surface area contributed by atoms with Crippen LogP contribution in [-0.2, 0) is 0 Å². The minimum absolute atomic E-state index is 0.0459. The van der Waals surface area contributed by atoms with Crippen molar-refractivity contribution in [3.8, 4) is 0 Å². The Morgan fingerprint density at radius 2 is 2.00 bits per heavy atom. The van der Waals surface area contributed by atoms with Gasteiger partial charge in [0.1, 0.15) is 5.50 Å². The molecule has 1 aromatic rings. The first-order chi connectivity index (χ1) is 7.49. The first kappa shape index (κ1) is 14.3. The molecule has 5 heteroatoms. The third-order valence-electron chi connectivity index (χ3n) is 2.07. The van der Waals surface area contributed by atoms with Crippen LogP contribution in [0.5, 0.6) is 0 Å². The van der Waals surface area contributed by atoms with Crippen LogP contribution in [0.3, 0.4) is 0 Å². The van der Waals surface area contributed by atoms with E-state index in [0.29, 0.717) is 0 Å². The lowest BCUT2D eigenvalue weighted by Crippen LogP contribution is -2.21. The van der Waals surface area contributed by atoms with E-state index >= 15 is 0 Å². The predicted molar refractivity (Wildman–Crippen MR) is 78.3 cm³/mol. The highest BCUT2D eigenvalue weighted by Gasteiger charge is 2.06. The summed E-state index contributed by atoms with van der Waals surface area (Å²) in [5.41, 5.74) is 0.976. The average Bonchev–Trinajstić information content (AvgIpc) is 2.21. The molecule has 0 saturated heterocycles. The summed E-state index contributed by atoms with van der Waals surface area (Å²) in [6.07, 6.45) is 0.905. The van der Waals surface area contributed by atoms with Crippen molar-refractivity contribution in [2.24, 2.45) is 0 Å². The summed E-state index contributed by atoms with van der Waals surface area (Å²) < 4.78 is 2.06. The molecule has 90 valence electrons. The van der Waals surface area contributed by atoms with E-state index in [1.165, 1.54) is 0 Å². The van der Waals surface area contributed by atoms with Gasteiger partial charge in [-0.3, -0.25) is 0 Å². The third kappa shape index (κ3) is 5.04. The standard InChI is InChI=1S/C11H15Br2ClN2/c1-16(2)6-5-11(14)15-8-3-4-9(12)10(13)7-8/h3-4,7,11,15H,5-6H2,1-2H3. The summed E-state index contributed by atoms with van der Waals surface area (Å²) in [5, 5.41) is 3.25. The molecule has 0 fully saturated rings. The Morgan fingerprint density at radius 3 is 2.56 bits per heavy atom. The predicted octanol–water partition coefficient (Wildman–Crippen LogP) is 4.14. The van der Waals surface area contributed by atoms with E-state index in [1.54, 1.807) is 0 Å². The van der Waals surface area contributed by atoms with Crippen molar-refractivity contribution >= 4 is 49.1 Å². The number of anilines is 1. The maximum Gasteiger partial charge on any atom is 0.102 e. The summed E-state index contributed by atoms with van der Waals surface area (Å²) in [4.78, 5) is 2.12. The monoisotopic (exact) mass is 368 g/mol. The second-order valence-corrected chi connectivity index (χ2v) is 6.07. The van der Waals surface area contributed by atoms with Gasteiger partial charge in [-0.25, -0.2) is 0 Å². The molecule has 0 aliphatic heterocycles. The van der Waals surface area contributed by atoms with Crippen LogP contribution in [0.15, 0.2) is 27.1 Å². The molecular formula is C11H15Br2ClN2. The average molecular weight is 371 g/mol. The number of nitrogens with one attached hydrogen (secondary N) is 1. The first-order valence-corrected chi connectivity index (χ1v) is 7.01. The molecule has 0 amide bonds. The zero-order chi connectivity index (χ0) is 12.1. The molecule has 1 unspecified atom stereocenters. The fraction of sp³-hybridized carbons (Fsp3) is 0.455. The molecule has 0 spiro atoms. The number of hydrogen-bond acceptors (Lipinski definition) is 2. The Labute approximate surface area is 119 Å². The van der Waals surface area contributed by atoms with Gasteiger partial charge >= 0.3 is 0 Å². The van der Waals surface area contributed by atoms with Crippen LogP contribution < -0.4 is 5.32 Å². The topological polar surface area (TPSA) is 15.3 Å². The van der Waals surface area contributed by atoms with Crippen molar-refractivity contribution in [2.45, 2.75) is 11.9 Å². The Balaban J connectivity index is 2.49. The molecule has 0 saturated carbocycles. The molecule has 0 radical (unpaired) electrons. The molecule has 1 atom stereocenters. The van der Waals surface area contributed by atoms with Crippen LogP contribution in [0.2, 0.25) is 0 Å². The van der Waals surface area contributed by atoms with Crippen LogP contribution in [0, 0.1) is 0 Å². The molecule has 2 nitrogen and oxygen atoms in total. The van der Waals surface area contributed by atoms with E-state index in [2.05, 4.69) is 42.1 Å². The maximum absolute atomic E-state index is 6.19. The molecular weight excluding hydrogens is 355 g/mol. The fourth-order valence-electron chi connectivity index (χ4n) is 1.21. The van der Waals surface area contributed by atoms with Gasteiger partial charge in [0.25, 0.3) is 0 Å². The lowest BCUT2D eigenvalue weighted by molar-refractivity contribution is 0.400. The number of hydrogen-bond donors (Lipinski definition) is 1. The summed E-state index contributed by atoms with van der Waals surface area (Å²) in [5.74, 6) is 0. The van der Waals surface area contributed by atoms with Crippen LogP contribution in [0.25, 0.3) is 0 Å². The molecule has 1 rings (SSSR count). The molecule has 1 aromatic carbocycles. The lowest BCUT2D eigenvalue weighted by Gasteiger charge is -2.16. The van der Waals surface area contributed by atoms with Gasteiger partial charge in [-0.1, -0.05) is 11.6 Å². The van der Waals surface area contributed by atoms with Crippen LogP contribution >= 0.6 is 43.5 Å². The van der Waals surface area contributed by atoms with E-state index < -0.39 is 0 Å². The first-order valence-electron chi connectivity index (χ1n) is 4.99. The normalized spacial score (nSPS) is 12.9. The van der Waals surface area contributed by atoms with Gasteiger partial charge in [-0.15, -0.1) is 0 Å². The molecule has 0 aliphatic carbocycles. The van der Waals surface area contributed by atoms with Crippen molar-refractivity contribution in [1.82, 2.24) is 4.90 Å². The molecule has 16 heavy (non-hydrogen) atoms. The Hall–Kier alpha value is 0.230. The highest BCUT2D eigenvalue weighted by atomic mass is 79.9. The second kappa shape index (κ2) is 6.84. The summed E-state index contributed by atoms with van der Waals surface area (Å²) in [6.45, 7) is 0.971. The highest BCUT2D eigenvalue weighted by molar-refractivity contribution is 9.13. The van der Waals surface area contributed by atoms with Crippen LogP contribution in [0.1, 0.15) is 6.42 Å². The number of rotatable bonds is 5. The summed E-state index contributed by atoms with van der Waals surface area (Å²) >= 11 is 13.1. The van der Waals surface area contributed by atoms with E-state index in [0.717, 1.165) is 27.6 Å². The van der Waals surface area contributed by atoms with E-state index in [9.17, 15) is 0 Å². The summed E-state index contributed by atoms with van der Waals surface area (Å²) in [6, 6.07) is 6.00. The lowest BCUT2D eigenvalue weighted by atomic mass is 10.3. The number of alkyl halides is 1. The largest absolute Gasteiger partial charge is 0.369 e. The van der Waals surface area contributed by atoms with Gasteiger partial charge in [0.05, 0.1) is 0 Å². The van der Waals surface area contributed by atoms with Crippen molar-refractivity contribution in [2.75, 3.05) is 26.0 Å². The third-order valence-corrected chi connectivity index (χ3v) is 4.28. The molecule has 0 aromatic heterocycles. The number of nitrogens with zero attached hydrogens (tertiary/aromatic N) is 1. The second-order valence-electron chi connectivity index (χ2n) is 3.83. The minimum atomic E-state index is -0.0459. The van der Waals surface area contributed by atoms with Gasteiger partial charge in [-0.05, 0) is 70.6 Å². The zero-order valence-corrected chi connectivity index (χ0v) is 13.2. The Kier molecular flexibility index (Phi) is 6.11. The van der Waals surface area contributed by atoms with Crippen molar-refractivity contribution in [1.29, 1.82) is 0 Å². The Morgan fingerprint density at radius 1 is 1.31 bits per heavy atom. The minimum Gasteiger partial charge on any atom is -0.369 e. The van der Waals surface area contributed by atoms with Crippen molar-refractivity contribution < 1.29 is 0 Å². The molecule has 0 heterocycles. The van der Waals surface area contributed by atoms with Gasteiger partial charge < -0.3 is 10.2 Å². The molecule has 0 aliphatic rings.